The number of urea groups is 1. The van der Waals surface area contributed by atoms with Crippen LogP contribution in [0.2, 0.25) is 0 Å². The number of fused-ring (bicyclic) bond motifs is 1. The molecule has 1 atom stereocenters. The zero-order valence-corrected chi connectivity index (χ0v) is 15.2. The van der Waals surface area contributed by atoms with Gasteiger partial charge in [-0.3, -0.25) is 14.6 Å². The van der Waals surface area contributed by atoms with Gasteiger partial charge < -0.3 is 4.74 Å². The summed E-state index contributed by atoms with van der Waals surface area (Å²) in [7, 11) is 3.25. The Hall–Kier alpha value is -2.55. The van der Waals surface area contributed by atoms with Gasteiger partial charge in [0.15, 0.2) is 0 Å². The summed E-state index contributed by atoms with van der Waals surface area (Å²) >= 11 is 0. The van der Waals surface area contributed by atoms with E-state index in [-0.39, 0.29) is 11.9 Å². The summed E-state index contributed by atoms with van der Waals surface area (Å²) in [6, 6.07) is 0.944. The van der Waals surface area contributed by atoms with E-state index in [0.717, 1.165) is 11.4 Å². The van der Waals surface area contributed by atoms with Crippen molar-refractivity contribution in [1.29, 1.82) is 0 Å². The van der Waals surface area contributed by atoms with Crippen LogP contribution in [0.5, 0.6) is 0 Å². The van der Waals surface area contributed by atoms with Gasteiger partial charge in [0.25, 0.3) is 5.91 Å². The highest BCUT2D eigenvalue weighted by molar-refractivity contribution is 6.22. The molecule has 0 spiro atoms. The minimum atomic E-state index is -0.642. The molecule has 1 saturated heterocycles. The molecule has 134 valence electrons. The normalized spacial score (nSPS) is 20.5. The number of likely N-dealkylation sites (N-methyl/N-ethyl adjacent to an activating group) is 2. The van der Waals surface area contributed by atoms with E-state index in [2.05, 4.69) is 10.1 Å². The van der Waals surface area contributed by atoms with E-state index < -0.39 is 6.04 Å². The van der Waals surface area contributed by atoms with Crippen molar-refractivity contribution in [3.63, 3.8) is 0 Å². The molecule has 3 amide bonds. The summed E-state index contributed by atoms with van der Waals surface area (Å²) in [5, 5.41) is 4.48. The molecular weight excluding hydrogens is 324 g/mol. The van der Waals surface area contributed by atoms with E-state index in [0.29, 0.717) is 31.5 Å². The summed E-state index contributed by atoms with van der Waals surface area (Å²) in [4.78, 5) is 32.6. The molecule has 0 aliphatic carbocycles. The average Bonchev–Trinajstić information content (AvgIpc) is 3.11. The lowest BCUT2D eigenvalue weighted by Gasteiger charge is -2.33. The number of hydrogen-bond acceptors (Lipinski definition) is 5. The van der Waals surface area contributed by atoms with Gasteiger partial charge in [-0.1, -0.05) is 4.99 Å². The molecule has 9 nitrogen and oxygen atoms in total. The van der Waals surface area contributed by atoms with E-state index in [9.17, 15) is 9.59 Å². The smallest absolute Gasteiger partial charge is 0.381 e. The van der Waals surface area contributed by atoms with Crippen LogP contribution in [-0.2, 0) is 9.53 Å². The van der Waals surface area contributed by atoms with Crippen molar-refractivity contribution in [3.8, 4) is 0 Å². The molecule has 3 heterocycles. The van der Waals surface area contributed by atoms with E-state index >= 15 is 0 Å². The van der Waals surface area contributed by atoms with E-state index in [1.54, 1.807) is 25.8 Å². The lowest BCUT2D eigenvalue weighted by atomic mass is 10.1. The number of aryl methyl sites for hydroxylation is 2. The third-order valence-corrected chi connectivity index (χ3v) is 4.44. The predicted octanol–water partition coefficient (Wildman–Crippen LogP) is 0.0575. The van der Waals surface area contributed by atoms with Crippen LogP contribution >= 0.6 is 0 Å². The Kier molecular flexibility index (Phi) is 4.42. The van der Waals surface area contributed by atoms with Gasteiger partial charge in [-0.25, -0.2) is 9.37 Å². The van der Waals surface area contributed by atoms with Gasteiger partial charge in [0.05, 0.1) is 18.8 Å². The quantitative estimate of drug-likeness (QED) is 0.721. The lowest BCUT2D eigenvalue weighted by Crippen LogP contribution is -2.62. The second kappa shape index (κ2) is 6.40. The Balaban J connectivity index is 2.14. The van der Waals surface area contributed by atoms with Crippen LogP contribution in [0.1, 0.15) is 18.3 Å². The fourth-order valence-electron chi connectivity index (χ4n) is 3.22. The summed E-state index contributed by atoms with van der Waals surface area (Å²) in [6.45, 7) is 6.83. The monoisotopic (exact) mass is 347 g/mol. The molecule has 1 aromatic heterocycles. The zero-order chi connectivity index (χ0) is 18.3. The number of amidine groups is 1. The number of imide groups is 1. The molecule has 3 rings (SSSR count). The number of hydrogen-bond donors (Lipinski definition) is 0. The van der Waals surface area contributed by atoms with Gasteiger partial charge >= 0.3 is 12.0 Å². The van der Waals surface area contributed by atoms with Crippen molar-refractivity contribution in [2.45, 2.75) is 26.8 Å². The van der Waals surface area contributed by atoms with Gasteiger partial charge in [-0.15, -0.1) is 9.78 Å². The van der Waals surface area contributed by atoms with Crippen molar-refractivity contribution < 1.29 is 18.9 Å². The van der Waals surface area contributed by atoms with Crippen molar-refractivity contribution in [1.82, 2.24) is 19.6 Å². The van der Waals surface area contributed by atoms with E-state index in [4.69, 9.17) is 4.74 Å². The maximum absolute atomic E-state index is 12.9. The van der Waals surface area contributed by atoms with Crippen molar-refractivity contribution in [2.75, 3.05) is 33.9 Å². The highest BCUT2D eigenvalue weighted by Crippen LogP contribution is 2.20. The van der Waals surface area contributed by atoms with Gasteiger partial charge in [0, 0.05) is 20.7 Å². The SMILES string of the molecule is CCN1C(=O)C2C(=NC(n3nc(C)cc3C)=[N+]2CCOC)N(C)C1=O. The van der Waals surface area contributed by atoms with Crippen molar-refractivity contribution >= 4 is 23.7 Å². The topological polar surface area (TPSA) is 83.0 Å². The largest absolute Gasteiger partial charge is 0.421 e. The molecule has 2 aliphatic rings. The summed E-state index contributed by atoms with van der Waals surface area (Å²) < 4.78 is 8.76. The Labute approximate surface area is 146 Å². The van der Waals surface area contributed by atoms with Crippen molar-refractivity contribution in [2.24, 2.45) is 4.99 Å². The molecular formula is C16H23N6O3+. The minimum absolute atomic E-state index is 0.267. The fraction of sp³-hybridized carbons (Fsp3) is 0.562. The molecule has 1 aromatic rings. The number of carbonyl (C=O) groups is 2. The Morgan fingerprint density at radius 1 is 1.32 bits per heavy atom. The first-order valence-electron chi connectivity index (χ1n) is 8.24. The Bertz CT molecular complexity index is 794. The molecule has 0 saturated carbocycles. The van der Waals surface area contributed by atoms with E-state index in [1.807, 2.05) is 24.5 Å². The van der Waals surface area contributed by atoms with Crippen LogP contribution < -0.4 is 0 Å². The van der Waals surface area contributed by atoms with Crippen LogP contribution in [-0.4, -0.2) is 87.8 Å². The van der Waals surface area contributed by atoms with E-state index in [1.165, 1.54) is 9.80 Å². The molecule has 2 aliphatic heterocycles. The molecule has 1 fully saturated rings. The standard InChI is InChI=1S/C16H23N6O3/c1-6-20-14(23)12-13(19(4)16(20)24)17-15(21(12)7-8-25-5)22-11(3)9-10(2)18-22/h9,12H,6-8H2,1-5H3/q+1. The van der Waals surface area contributed by atoms with Gasteiger partial charge in [0.1, 0.15) is 5.69 Å². The second-order valence-electron chi connectivity index (χ2n) is 6.12. The van der Waals surface area contributed by atoms with Gasteiger partial charge in [0.2, 0.25) is 11.9 Å². The molecule has 0 N–H and O–H groups in total. The predicted molar refractivity (Wildman–Crippen MR) is 90.9 cm³/mol. The van der Waals surface area contributed by atoms with Crippen molar-refractivity contribution in [3.05, 3.63) is 17.5 Å². The van der Waals surface area contributed by atoms with Crippen LogP contribution in [0.15, 0.2) is 11.1 Å². The molecule has 9 heteroatoms. The first kappa shape index (κ1) is 17.3. The third kappa shape index (κ3) is 2.64. The number of aromatic nitrogens is 2. The molecule has 0 aromatic carbocycles. The van der Waals surface area contributed by atoms with Crippen LogP contribution in [0.4, 0.5) is 4.79 Å². The molecule has 0 radical (unpaired) electrons. The first-order valence-corrected chi connectivity index (χ1v) is 8.24. The number of ether oxygens (including phenoxy) is 1. The molecule has 1 unspecified atom stereocenters. The number of amides is 3. The number of methoxy groups -OCH3 is 1. The average molecular weight is 347 g/mol. The van der Waals surface area contributed by atoms with Gasteiger partial charge in [-0.05, 0) is 26.8 Å². The van der Waals surface area contributed by atoms with Crippen LogP contribution in [0, 0.1) is 13.8 Å². The number of nitrogens with zero attached hydrogens (tertiary/aromatic N) is 6. The fourth-order valence-corrected chi connectivity index (χ4v) is 3.22. The highest BCUT2D eigenvalue weighted by Gasteiger charge is 2.52. The third-order valence-electron chi connectivity index (χ3n) is 4.44. The number of rotatable bonds is 4. The summed E-state index contributed by atoms with van der Waals surface area (Å²) in [5.74, 6) is 0.698. The molecule has 25 heavy (non-hydrogen) atoms. The zero-order valence-electron chi connectivity index (χ0n) is 15.2. The maximum Gasteiger partial charge on any atom is 0.421 e. The first-order chi connectivity index (χ1) is 11.9. The van der Waals surface area contributed by atoms with Crippen LogP contribution in [0.25, 0.3) is 0 Å². The minimum Gasteiger partial charge on any atom is -0.381 e. The highest BCUT2D eigenvalue weighted by atomic mass is 16.5. The van der Waals surface area contributed by atoms with Gasteiger partial charge in [-0.2, -0.15) is 0 Å². The van der Waals surface area contributed by atoms with Crippen LogP contribution in [0.3, 0.4) is 0 Å². The lowest BCUT2D eigenvalue weighted by molar-refractivity contribution is -0.539. The number of carbonyl (C=O) groups excluding carboxylic acids is 2. The maximum atomic E-state index is 12.9. The summed E-state index contributed by atoms with van der Waals surface area (Å²) in [6.07, 6.45) is 0. The number of aliphatic imine (C=N–C) groups is 1. The Morgan fingerprint density at radius 2 is 2.04 bits per heavy atom. The molecule has 0 bridgehead atoms. The second-order valence-corrected chi connectivity index (χ2v) is 6.12. The summed E-state index contributed by atoms with van der Waals surface area (Å²) in [5.41, 5.74) is 1.77. The Morgan fingerprint density at radius 3 is 2.60 bits per heavy atom.